The van der Waals surface area contributed by atoms with Crippen LogP contribution in [0.3, 0.4) is 0 Å². The molecule has 0 bridgehead atoms. The van der Waals surface area contributed by atoms with Gasteiger partial charge in [0.1, 0.15) is 5.84 Å². The van der Waals surface area contributed by atoms with E-state index in [2.05, 4.69) is 17.0 Å². The van der Waals surface area contributed by atoms with Gasteiger partial charge in [-0.2, -0.15) is 0 Å². The van der Waals surface area contributed by atoms with Gasteiger partial charge in [-0.25, -0.2) is 0 Å². The average Bonchev–Trinajstić information content (AvgIpc) is 3.11. The van der Waals surface area contributed by atoms with E-state index in [9.17, 15) is 4.79 Å². The van der Waals surface area contributed by atoms with Crippen molar-refractivity contribution in [3.05, 3.63) is 0 Å². The van der Waals surface area contributed by atoms with E-state index in [1.54, 1.807) is 0 Å². The van der Waals surface area contributed by atoms with Crippen LogP contribution in [0.15, 0.2) is 5.16 Å². The molecule has 3 aliphatic rings. The molecule has 2 fully saturated rings. The molecule has 5 heteroatoms. The zero-order valence-electron chi connectivity index (χ0n) is 11.7. The quantitative estimate of drug-likeness (QED) is 0.778. The summed E-state index contributed by atoms with van der Waals surface area (Å²) in [5.41, 5.74) is 0. The highest BCUT2D eigenvalue weighted by molar-refractivity contribution is 5.84. The van der Waals surface area contributed by atoms with E-state index >= 15 is 0 Å². The van der Waals surface area contributed by atoms with Crippen molar-refractivity contribution in [3.8, 4) is 0 Å². The van der Waals surface area contributed by atoms with Gasteiger partial charge in [0.15, 0.2) is 6.10 Å². The lowest BCUT2D eigenvalue weighted by atomic mass is 10.0. The molecule has 0 aromatic carbocycles. The van der Waals surface area contributed by atoms with Crippen LogP contribution in [-0.4, -0.2) is 53.3 Å². The monoisotopic (exact) mass is 265 g/mol. The standard InChI is InChI=1S/C14H23N3O2/c1-2-11(17-9-5-6-14(17)18)12-10-13(15-19-12)16-7-3-4-8-16/h11-12H,2-10H2,1H3. The largest absolute Gasteiger partial charge is 0.388 e. The first-order valence-electron chi connectivity index (χ1n) is 7.56. The van der Waals surface area contributed by atoms with E-state index in [0.717, 1.165) is 44.7 Å². The molecule has 2 saturated heterocycles. The van der Waals surface area contributed by atoms with E-state index in [1.807, 2.05) is 4.90 Å². The molecule has 0 spiro atoms. The first-order chi connectivity index (χ1) is 9.29. The minimum atomic E-state index is 0.0580. The van der Waals surface area contributed by atoms with Crippen molar-refractivity contribution in [1.82, 2.24) is 9.80 Å². The molecule has 106 valence electrons. The Morgan fingerprint density at radius 1 is 1.32 bits per heavy atom. The number of oxime groups is 1. The van der Waals surface area contributed by atoms with Crippen LogP contribution in [-0.2, 0) is 9.63 Å². The Balaban J connectivity index is 1.61. The summed E-state index contributed by atoms with van der Waals surface area (Å²) in [6.07, 6.45) is 6.06. The van der Waals surface area contributed by atoms with Crippen molar-refractivity contribution in [2.75, 3.05) is 19.6 Å². The summed E-state index contributed by atoms with van der Waals surface area (Å²) < 4.78 is 0. The predicted molar refractivity (Wildman–Crippen MR) is 72.8 cm³/mol. The first kappa shape index (κ1) is 12.8. The van der Waals surface area contributed by atoms with Gasteiger partial charge in [0, 0.05) is 26.1 Å². The molecule has 2 unspecified atom stereocenters. The lowest BCUT2D eigenvalue weighted by Crippen LogP contribution is -2.44. The van der Waals surface area contributed by atoms with Gasteiger partial charge in [0.05, 0.1) is 12.5 Å². The summed E-state index contributed by atoms with van der Waals surface area (Å²) in [4.78, 5) is 21.9. The number of amidine groups is 1. The first-order valence-corrected chi connectivity index (χ1v) is 7.56. The molecule has 1 amide bonds. The molecule has 2 atom stereocenters. The van der Waals surface area contributed by atoms with Gasteiger partial charge in [-0.3, -0.25) is 4.79 Å². The third-order valence-corrected chi connectivity index (χ3v) is 4.51. The van der Waals surface area contributed by atoms with E-state index in [4.69, 9.17) is 4.84 Å². The van der Waals surface area contributed by atoms with Gasteiger partial charge < -0.3 is 14.6 Å². The molecule has 0 aliphatic carbocycles. The smallest absolute Gasteiger partial charge is 0.223 e. The van der Waals surface area contributed by atoms with E-state index in [1.165, 1.54) is 12.8 Å². The Morgan fingerprint density at radius 2 is 2.11 bits per heavy atom. The average molecular weight is 265 g/mol. The predicted octanol–water partition coefficient (Wildman–Crippen LogP) is 1.59. The molecule has 3 aliphatic heterocycles. The molecular formula is C14H23N3O2. The van der Waals surface area contributed by atoms with Crippen LogP contribution in [0.1, 0.15) is 45.4 Å². The maximum absolute atomic E-state index is 11.9. The Bertz CT molecular complexity index is 377. The van der Waals surface area contributed by atoms with Crippen LogP contribution in [0.4, 0.5) is 0 Å². The molecule has 0 aromatic heterocycles. The number of likely N-dealkylation sites (tertiary alicyclic amines) is 2. The van der Waals surface area contributed by atoms with E-state index < -0.39 is 0 Å². The number of amides is 1. The van der Waals surface area contributed by atoms with Gasteiger partial charge in [-0.1, -0.05) is 12.1 Å². The fraction of sp³-hybridized carbons (Fsp3) is 0.857. The molecular weight excluding hydrogens is 242 g/mol. The molecule has 19 heavy (non-hydrogen) atoms. The second-order valence-corrected chi connectivity index (χ2v) is 5.72. The maximum Gasteiger partial charge on any atom is 0.223 e. The lowest BCUT2D eigenvalue weighted by molar-refractivity contribution is -0.132. The minimum absolute atomic E-state index is 0.0580. The van der Waals surface area contributed by atoms with Gasteiger partial charge in [-0.05, 0) is 25.7 Å². The van der Waals surface area contributed by atoms with Crippen LogP contribution < -0.4 is 0 Å². The number of hydrogen-bond acceptors (Lipinski definition) is 4. The normalized spacial score (nSPS) is 28.8. The highest BCUT2D eigenvalue weighted by atomic mass is 16.6. The Kier molecular flexibility index (Phi) is 3.62. The third kappa shape index (κ3) is 2.42. The van der Waals surface area contributed by atoms with Gasteiger partial charge in [0.25, 0.3) is 0 Å². The van der Waals surface area contributed by atoms with Gasteiger partial charge >= 0.3 is 0 Å². The van der Waals surface area contributed by atoms with Crippen molar-refractivity contribution >= 4 is 11.7 Å². The van der Waals surface area contributed by atoms with Gasteiger partial charge in [-0.15, -0.1) is 0 Å². The molecule has 0 saturated carbocycles. The minimum Gasteiger partial charge on any atom is -0.388 e. The third-order valence-electron chi connectivity index (χ3n) is 4.51. The Labute approximate surface area is 114 Å². The summed E-state index contributed by atoms with van der Waals surface area (Å²) in [5.74, 6) is 1.37. The second kappa shape index (κ2) is 5.39. The van der Waals surface area contributed by atoms with E-state index in [-0.39, 0.29) is 18.1 Å². The summed E-state index contributed by atoms with van der Waals surface area (Å²) in [6, 6.07) is 0.193. The fourth-order valence-corrected chi connectivity index (χ4v) is 3.46. The number of hydrogen-bond donors (Lipinski definition) is 0. The van der Waals surface area contributed by atoms with Crippen molar-refractivity contribution in [3.63, 3.8) is 0 Å². The van der Waals surface area contributed by atoms with Crippen molar-refractivity contribution in [1.29, 1.82) is 0 Å². The molecule has 0 radical (unpaired) electrons. The Morgan fingerprint density at radius 3 is 2.74 bits per heavy atom. The lowest BCUT2D eigenvalue weighted by Gasteiger charge is -2.30. The molecule has 3 heterocycles. The highest BCUT2D eigenvalue weighted by Gasteiger charge is 2.38. The number of nitrogens with zero attached hydrogens (tertiary/aromatic N) is 3. The van der Waals surface area contributed by atoms with Crippen LogP contribution in [0.5, 0.6) is 0 Å². The topological polar surface area (TPSA) is 45.1 Å². The van der Waals surface area contributed by atoms with Gasteiger partial charge in [0.2, 0.25) is 5.91 Å². The van der Waals surface area contributed by atoms with Crippen LogP contribution >= 0.6 is 0 Å². The Hall–Kier alpha value is -1.26. The summed E-state index contributed by atoms with van der Waals surface area (Å²) in [5, 5.41) is 4.27. The molecule has 0 aromatic rings. The summed E-state index contributed by atoms with van der Waals surface area (Å²) in [6.45, 7) is 5.23. The van der Waals surface area contributed by atoms with E-state index in [0.29, 0.717) is 6.42 Å². The van der Waals surface area contributed by atoms with Crippen LogP contribution in [0, 0.1) is 0 Å². The van der Waals surface area contributed by atoms with Crippen molar-refractivity contribution in [2.45, 2.75) is 57.6 Å². The second-order valence-electron chi connectivity index (χ2n) is 5.72. The highest BCUT2D eigenvalue weighted by Crippen LogP contribution is 2.26. The summed E-state index contributed by atoms with van der Waals surface area (Å²) in [7, 11) is 0. The SMILES string of the molecule is CCC(C1CC(N2CCCC2)=NO1)N1CCCC1=O. The number of carbonyl (C=O) groups excluding carboxylic acids is 1. The van der Waals surface area contributed by atoms with Crippen molar-refractivity contribution < 1.29 is 9.63 Å². The number of rotatable bonds is 3. The molecule has 5 nitrogen and oxygen atoms in total. The zero-order chi connectivity index (χ0) is 13.2. The summed E-state index contributed by atoms with van der Waals surface area (Å²) >= 11 is 0. The molecule has 0 N–H and O–H groups in total. The fourth-order valence-electron chi connectivity index (χ4n) is 3.46. The zero-order valence-corrected chi connectivity index (χ0v) is 11.7. The number of carbonyl (C=O) groups is 1. The van der Waals surface area contributed by atoms with Crippen LogP contribution in [0.2, 0.25) is 0 Å². The maximum atomic E-state index is 11.9. The van der Waals surface area contributed by atoms with Crippen LogP contribution in [0.25, 0.3) is 0 Å². The van der Waals surface area contributed by atoms with Crippen molar-refractivity contribution in [2.24, 2.45) is 5.16 Å². The molecule has 3 rings (SSSR count).